The summed E-state index contributed by atoms with van der Waals surface area (Å²) in [7, 11) is 0. The minimum absolute atomic E-state index is 0.100. The molecule has 3 heteroatoms. The molecular weight excluding hydrogens is 284 g/mol. The third-order valence-corrected chi connectivity index (χ3v) is 4.21. The van der Waals surface area contributed by atoms with Crippen LogP contribution in [0.15, 0.2) is 34.8 Å². The van der Waals surface area contributed by atoms with Gasteiger partial charge in [-0.1, -0.05) is 28.1 Å². The molecule has 0 amide bonds. The molecule has 0 bridgehead atoms. The fraction of sp³-hybridized carbons (Fsp3) is 0.154. The molecule has 0 aliphatic heterocycles. The number of hydrogen-bond donors (Lipinski definition) is 0. The van der Waals surface area contributed by atoms with Crippen molar-refractivity contribution in [2.75, 3.05) is 0 Å². The number of aryl methyl sites for hydroxylation is 2. The number of hydrogen-bond acceptors (Lipinski definition) is 2. The lowest BCUT2D eigenvalue weighted by molar-refractivity contribution is 0.104. The first kappa shape index (κ1) is 11.6. The summed E-state index contributed by atoms with van der Waals surface area (Å²) in [5.74, 6) is 0.100. The maximum atomic E-state index is 12.3. The van der Waals surface area contributed by atoms with Gasteiger partial charge < -0.3 is 0 Å². The number of halogens is 1. The van der Waals surface area contributed by atoms with E-state index in [-0.39, 0.29) is 5.78 Å². The van der Waals surface area contributed by atoms with E-state index >= 15 is 0 Å². The Kier molecular flexibility index (Phi) is 3.26. The summed E-state index contributed by atoms with van der Waals surface area (Å²) < 4.78 is 0.852. The van der Waals surface area contributed by atoms with E-state index in [1.165, 1.54) is 4.88 Å². The lowest BCUT2D eigenvalue weighted by Gasteiger charge is -2.02. The van der Waals surface area contributed by atoms with Crippen LogP contribution < -0.4 is 0 Å². The van der Waals surface area contributed by atoms with Crippen molar-refractivity contribution in [3.05, 3.63) is 55.7 Å². The summed E-state index contributed by atoms with van der Waals surface area (Å²) in [6.45, 7) is 4.00. The summed E-state index contributed by atoms with van der Waals surface area (Å²) >= 11 is 4.96. The van der Waals surface area contributed by atoms with E-state index in [0.29, 0.717) is 0 Å². The van der Waals surface area contributed by atoms with Gasteiger partial charge in [0.15, 0.2) is 0 Å². The highest BCUT2D eigenvalue weighted by Crippen LogP contribution is 2.26. The molecule has 0 saturated heterocycles. The predicted molar refractivity (Wildman–Crippen MR) is 71.4 cm³/mol. The van der Waals surface area contributed by atoms with Crippen LogP contribution >= 0.6 is 27.3 Å². The lowest BCUT2D eigenvalue weighted by atomic mass is 10.1. The predicted octanol–water partition coefficient (Wildman–Crippen LogP) is 4.36. The van der Waals surface area contributed by atoms with E-state index in [1.807, 2.05) is 38.1 Å². The molecule has 1 heterocycles. The molecule has 2 rings (SSSR count). The third-order valence-electron chi connectivity index (χ3n) is 2.37. The van der Waals surface area contributed by atoms with Crippen LogP contribution in [0.1, 0.15) is 25.7 Å². The SMILES string of the molecule is Cc1cc(C)c(C(=O)c2ccccc2Br)s1. The molecule has 0 aliphatic rings. The molecule has 0 N–H and O–H groups in total. The van der Waals surface area contributed by atoms with Crippen LogP contribution in [0.25, 0.3) is 0 Å². The number of benzene rings is 1. The van der Waals surface area contributed by atoms with Crippen LogP contribution in [-0.4, -0.2) is 5.78 Å². The van der Waals surface area contributed by atoms with Crippen LogP contribution in [0, 0.1) is 13.8 Å². The Hall–Kier alpha value is -0.930. The first-order valence-electron chi connectivity index (χ1n) is 4.96. The quantitative estimate of drug-likeness (QED) is 0.752. The Bertz CT molecular complexity index is 543. The normalized spacial score (nSPS) is 10.4. The average Bonchev–Trinajstić information content (AvgIpc) is 2.58. The monoisotopic (exact) mass is 294 g/mol. The van der Waals surface area contributed by atoms with Crippen molar-refractivity contribution in [3.8, 4) is 0 Å². The first-order chi connectivity index (χ1) is 7.59. The third kappa shape index (κ3) is 2.11. The van der Waals surface area contributed by atoms with E-state index in [0.717, 1.165) is 20.5 Å². The van der Waals surface area contributed by atoms with Crippen molar-refractivity contribution >= 4 is 33.0 Å². The number of thiophene rings is 1. The van der Waals surface area contributed by atoms with Crippen LogP contribution in [0.3, 0.4) is 0 Å². The Morgan fingerprint density at radius 3 is 2.50 bits per heavy atom. The largest absolute Gasteiger partial charge is 0.288 e. The van der Waals surface area contributed by atoms with Crippen molar-refractivity contribution in [1.82, 2.24) is 0 Å². The maximum Gasteiger partial charge on any atom is 0.204 e. The van der Waals surface area contributed by atoms with Gasteiger partial charge in [0, 0.05) is 14.9 Å². The molecule has 0 unspecified atom stereocenters. The van der Waals surface area contributed by atoms with Crippen LogP contribution in [0.4, 0.5) is 0 Å². The van der Waals surface area contributed by atoms with Crippen LogP contribution in [0.5, 0.6) is 0 Å². The van der Waals surface area contributed by atoms with Gasteiger partial charge in [-0.2, -0.15) is 0 Å². The van der Waals surface area contributed by atoms with E-state index in [2.05, 4.69) is 22.0 Å². The molecule has 1 nitrogen and oxygen atoms in total. The minimum atomic E-state index is 0.100. The van der Waals surface area contributed by atoms with Crippen molar-refractivity contribution < 1.29 is 4.79 Å². The van der Waals surface area contributed by atoms with Gasteiger partial charge in [0.25, 0.3) is 0 Å². The van der Waals surface area contributed by atoms with Crippen molar-refractivity contribution in [3.63, 3.8) is 0 Å². The second-order valence-electron chi connectivity index (χ2n) is 3.68. The number of ketones is 1. The van der Waals surface area contributed by atoms with Gasteiger partial charge in [-0.3, -0.25) is 4.79 Å². The van der Waals surface area contributed by atoms with Gasteiger partial charge in [-0.25, -0.2) is 0 Å². The molecule has 1 aromatic heterocycles. The van der Waals surface area contributed by atoms with Crippen molar-refractivity contribution in [1.29, 1.82) is 0 Å². The lowest BCUT2D eigenvalue weighted by Crippen LogP contribution is -2.01. The molecule has 0 radical (unpaired) electrons. The van der Waals surface area contributed by atoms with Crippen LogP contribution in [0.2, 0.25) is 0 Å². The maximum absolute atomic E-state index is 12.3. The zero-order valence-electron chi connectivity index (χ0n) is 9.08. The van der Waals surface area contributed by atoms with Gasteiger partial charge in [0.1, 0.15) is 0 Å². The molecule has 16 heavy (non-hydrogen) atoms. The molecule has 82 valence electrons. The number of carbonyl (C=O) groups excluding carboxylic acids is 1. The summed E-state index contributed by atoms with van der Waals surface area (Å²) in [4.78, 5) is 14.3. The topological polar surface area (TPSA) is 17.1 Å². The number of rotatable bonds is 2. The van der Waals surface area contributed by atoms with E-state index in [1.54, 1.807) is 11.3 Å². The second kappa shape index (κ2) is 4.52. The fourth-order valence-electron chi connectivity index (χ4n) is 1.63. The minimum Gasteiger partial charge on any atom is -0.288 e. The highest BCUT2D eigenvalue weighted by molar-refractivity contribution is 9.10. The summed E-state index contributed by atoms with van der Waals surface area (Å²) in [5, 5.41) is 0. The fourth-order valence-corrected chi connectivity index (χ4v) is 3.08. The van der Waals surface area contributed by atoms with E-state index in [4.69, 9.17) is 0 Å². The molecule has 1 aromatic carbocycles. The highest BCUT2D eigenvalue weighted by atomic mass is 79.9. The average molecular weight is 295 g/mol. The first-order valence-corrected chi connectivity index (χ1v) is 6.57. The highest BCUT2D eigenvalue weighted by Gasteiger charge is 2.16. The standard InChI is InChI=1S/C13H11BrOS/c1-8-7-9(2)16-13(8)12(15)10-5-3-4-6-11(10)14/h3-7H,1-2H3. The van der Waals surface area contributed by atoms with Gasteiger partial charge in [-0.05, 0) is 37.6 Å². The van der Waals surface area contributed by atoms with E-state index in [9.17, 15) is 4.79 Å². The smallest absolute Gasteiger partial charge is 0.204 e. The van der Waals surface area contributed by atoms with Crippen LogP contribution in [-0.2, 0) is 0 Å². The summed E-state index contributed by atoms with van der Waals surface area (Å²) in [5.41, 5.74) is 1.79. The molecule has 2 aromatic rings. The van der Waals surface area contributed by atoms with Crippen molar-refractivity contribution in [2.24, 2.45) is 0 Å². The molecule has 0 aliphatic carbocycles. The summed E-state index contributed by atoms with van der Waals surface area (Å²) in [6.07, 6.45) is 0. The zero-order valence-corrected chi connectivity index (χ0v) is 11.5. The summed E-state index contributed by atoms with van der Waals surface area (Å²) in [6, 6.07) is 9.58. The molecule has 0 spiro atoms. The van der Waals surface area contributed by atoms with Gasteiger partial charge in [0.05, 0.1) is 4.88 Å². The zero-order chi connectivity index (χ0) is 11.7. The van der Waals surface area contributed by atoms with Gasteiger partial charge in [-0.15, -0.1) is 11.3 Å². The van der Waals surface area contributed by atoms with Gasteiger partial charge in [0.2, 0.25) is 5.78 Å². The van der Waals surface area contributed by atoms with Gasteiger partial charge >= 0.3 is 0 Å². The van der Waals surface area contributed by atoms with Crippen molar-refractivity contribution in [2.45, 2.75) is 13.8 Å². The Morgan fingerprint density at radius 2 is 1.94 bits per heavy atom. The second-order valence-corrected chi connectivity index (χ2v) is 5.79. The molecular formula is C13H11BrOS. The number of carbonyl (C=O) groups is 1. The molecule has 0 saturated carbocycles. The Balaban J connectivity index is 2.47. The Morgan fingerprint density at radius 1 is 1.25 bits per heavy atom. The molecule has 0 fully saturated rings. The Labute approximate surface area is 107 Å². The molecule has 0 atom stereocenters. The van der Waals surface area contributed by atoms with E-state index < -0.39 is 0 Å².